The topological polar surface area (TPSA) is 46.3 Å². The Labute approximate surface area is 109 Å². The SMILES string of the molecule is CC(N)CSCC(=O)N(C)C1CCC(C)CC1. The molecule has 1 unspecified atom stereocenters. The summed E-state index contributed by atoms with van der Waals surface area (Å²) in [6.45, 7) is 4.28. The van der Waals surface area contributed by atoms with Gasteiger partial charge in [0, 0.05) is 24.9 Å². The number of carbonyl (C=O) groups excluding carboxylic acids is 1. The Morgan fingerprint density at radius 1 is 1.41 bits per heavy atom. The third-order valence-corrected chi connectivity index (χ3v) is 4.75. The maximum atomic E-state index is 12.0. The molecule has 0 bridgehead atoms. The average Bonchev–Trinajstić information content (AvgIpc) is 2.28. The van der Waals surface area contributed by atoms with E-state index >= 15 is 0 Å². The summed E-state index contributed by atoms with van der Waals surface area (Å²) in [6.07, 6.45) is 4.85. The minimum Gasteiger partial charge on any atom is -0.342 e. The molecule has 1 atom stereocenters. The normalized spacial score (nSPS) is 26.6. The van der Waals surface area contributed by atoms with Gasteiger partial charge in [0.1, 0.15) is 0 Å². The van der Waals surface area contributed by atoms with E-state index in [1.165, 1.54) is 25.7 Å². The number of hydrogen-bond donors (Lipinski definition) is 1. The fourth-order valence-electron chi connectivity index (χ4n) is 2.27. The van der Waals surface area contributed by atoms with E-state index in [1.54, 1.807) is 11.8 Å². The Kier molecular flexibility index (Phi) is 6.34. The van der Waals surface area contributed by atoms with Crippen LogP contribution in [0.3, 0.4) is 0 Å². The molecule has 0 spiro atoms. The molecule has 4 heteroatoms. The fourth-order valence-corrected chi connectivity index (χ4v) is 3.14. The molecule has 1 rings (SSSR count). The number of nitrogens with two attached hydrogens (primary N) is 1. The van der Waals surface area contributed by atoms with Crippen LogP contribution in [0.5, 0.6) is 0 Å². The summed E-state index contributed by atoms with van der Waals surface area (Å²) in [5.41, 5.74) is 5.67. The van der Waals surface area contributed by atoms with E-state index in [0.29, 0.717) is 11.8 Å². The van der Waals surface area contributed by atoms with E-state index in [9.17, 15) is 4.79 Å². The summed E-state index contributed by atoms with van der Waals surface area (Å²) in [5.74, 6) is 2.53. The Bertz CT molecular complexity index is 238. The van der Waals surface area contributed by atoms with Crippen molar-refractivity contribution in [2.45, 2.75) is 51.6 Å². The molecule has 0 aromatic carbocycles. The van der Waals surface area contributed by atoms with Gasteiger partial charge in [-0.25, -0.2) is 0 Å². The molecular formula is C13H26N2OS. The van der Waals surface area contributed by atoms with Crippen LogP contribution in [0.2, 0.25) is 0 Å². The van der Waals surface area contributed by atoms with Gasteiger partial charge in [0.05, 0.1) is 5.75 Å². The van der Waals surface area contributed by atoms with Crippen LogP contribution in [-0.4, -0.2) is 41.4 Å². The third kappa shape index (κ3) is 5.30. The van der Waals surface area contributed by atoms with Crippen LogP contribution in [0.4, 0.5) is 0 Å². The van der Waals surface area contributed by atoms with Crippen molar-refractivity contribution in [3.63, 3.8) is 0 Å². The van der Waals surface area contributed by atoms with E-state index in [4.69, 9.17) is 5.73 Å². The molecule has 1 aliphatic rings. The Morgan fingerprint density at radius 3 is 2.53 bits per heavy atom. The zero-order valence-corrected chi connectivity index (χ0v) is 12.1. The first-order valence-electron chi connectivity index (χ1n) is 6.59. The van der Waals surface area contributed by atoms with E-state index in [2.05, 4.69) is 6.92 Å². The zero-order valence-electron chi connectivity index (χ0n) is 11.3. The minimum absolute atomic E-state index is 0.175. The van der Waals surface area contributed by atoms with Crippen LogP contribution in [-0.2, 0) is 4.79 Å². The first kappa shape index (κ1) is 14.8. The summed E-state index contributed by atoms with van der Waals surface area (Å²) < 4.78 is 0. The minimum atomic E-state index is 0.175. The van der Waals surface area contributed by atoms with Gasteiger partial charge in [-0.2, -0.15) is 11.8 Å². The lowest BCUT2D eigenvalue weighted by molar-refractivity contribution is -0.129. The number of nitrogens with zero attached hydrogens (tertiary/aromatic N) is 1. The van der Waals surface area contributed by atoms with Crippen molar-refractivity contribution in [1.82, 2.24) is 4.90 Å². The van der Waals surface area contributed by atoms with Crippen LogP contribution in [0.25, 0.3) is 0 Å². The molecule has 0 heterocycles. The Balaban J connectivity index is 2.26. The number of amides is 1. The van der Waals surface area contributed by atoms with Crippen LogP contribution in [0.15, 0.2) is 0 Å². The molecule has 1 saturated carbocycles. The predicted molar refractivity (Wildman–Crippen MR) is 75.2 cm³/mol. The van der Waals surface area contributed by atoms with Crippen LogP contribution < -0.4 is 5.73 Å². The monoisotopic (exact) mass is 258 g/mol. The smallest absolute Gasteiger partial charge is 0.232 e. The highest BCUT2D eigenvalue weighted by Gasteiger charge is 2.24. The van der Waals surface area contributed by atoms with Crippen molar-refractivity contribution in [3.8, 4) is 0 Å². The molecule has 1 amide bonds. The van der Waals surface area contributed by atoms with Gasteiger partial charge in [-0.05, 0) is 38.5 Å². The van der Waals surface area contributed by atoms with Crippen LogP contribution in [0.1, 0.15) is 39.5 Å². The van der Waals surface area contributed by atoms with Crippen LogP contribution in [0, 0.1) is 5.92 Å². The number of thioether (sulfide) groups is 1. The van der Waals surface area contributed by atoms with E-state index < -0.39 is 0 Å². The molecule has 0 radical (unpaired) electrons. The molecule has 17 heavy (non-hydrogen) atoms. The molecule has 100 valence electrons. The largest absolute Gasteiger partial charge is 0.342 e. The van der Waals surface area contributed by atoms with Crippen molar-refractivity contribution in [2.75, 3.05) is 18.6 Å². The van der Waals surface area contributed by atoms with Crippen molar-refractivity contribution in [3.05, 3.63) is 0 Å². The van der Waals surface area contributed by atoms with Crippen molar-refractivity contribution in [2.24, 2.45) is 11.7 Å². The van der Waals surface area contributed by atoms with Gasteiger partial charge in [0.15, 0.2) is 0 Å². The summed E-state index contributed by atoms with van der Waals surface area (Å²) >= 11 is 1.65. The summed E-state index contributed by atoms with van der Waals surface area (Å²) in [6, 6.07) is 0.642. The number of rotatable bonds is 5. The zero-order chi connectivity index (χ0) is 12.8. The lowest BCUT2D eigenvalue weighted by atomic mass is 9.87. The summed E-state index contributed by atoms with van der Waals surface area (Å²) in [7, 11) is 1.95. The lowest BCUT2D eigenvalue weighted by Crippen LogP contribution is -2.40. The molecule has 0 aromatic heterocycles. The maximum Gasteiger partial charge on any atom is 0.232 e. The van der Waals surface area contributed by atoms with E-state index in [-0.39, 0.29) is 11.9 Å². The first-order chi connectivity index (χ1) is 8.00. The van der Waals surface area contributed by atoms with E-state index in [0.717, 1.165) is 11.7 Å². The predicted octanol–water partition coefficient (Wildman–Crippen LogP) is 2.10. The second-order valence-electron chi connectivity index (χ2n) is 5.41. The molecule has 1 aliphatic carbocycles. The second-order valence-corrected chi connectivity index (χ2v) is 6.44. The van der Waals surface area contributed by atoms with Gasteiger partial charge in [0.25, 0.3) is 0 Å². The van der Waals surface area contributed by atoms with Gasteiger partial charge >= 0.3 is 0 Å². The lowest BCUT2D eigenvalue weighted by Gasteiger charge is -2.33. The molecule has 1 fully saturated rings. The third-order valence-electron chi connectivity index (χ3n) is 3.53. The highest BCUT2D eigenvalue weighted by atomic mass is 32.2. The van der Waals surface area contributed by atoms with Crippen molar-refractivity contribution >= 4 is 17.7 Å². The average molecular weight is 258 g/mol. The molecular weight excluding hydrogens is 232 g/mol. The standard InChI is InChI=1S/C13H26N2OS/c1-10-4-6-12(7-5-10)15(3)13(16)9-17-8-11(2)14/h10-12H,4-9,14H2,1-3H3. The van der Waals surface area contributed by atoms with Gasteiger partial charge in [-0.1, -0.05) is 6.92 Å². The Morgan fingerprint density at radius 2 is 2.00 bits per heavy atom. The molecule has 2 N–H and O–H groups in total. The highest BCUT2D eigenvalue weighted by molar-refractivity contribution is 7.99. The van der Waals surface area contributed by atoms with Gasteiger partial charge in [0.2, 0.25) is 5.91 Å². The Hall–Kier alpha value is -0.220. The number of carbonyl (C=O) groups is 1. The maximum absolute atomic E-state index is 12.0. The molecule has 0 aliphatic heterocycles. The quantitative estimate of drug-likeness (QED) is 0.821. The molecule has 0 saturated heterocycles. The summed E-state index contributed by atoms with van der Waals surface area (Å²) in [5, 5.41) is 0. The van der Waals surface area contributed by atoms with E-state index in [1.807, 2.05) is 18.9 Å². The highest BCUT2D eigenvalue weighted by Crippen LogP contribution is 2.26. The molecule has 3 nitrogen and oxygen atoms in total. The van der Waals surface area contributed by atoms with Gasteiger partial charge in [-0.3, -0.25) is 4.79 Å². The van der Waals surface area contributed by atoms with Crippen molar-refractivity contribution in [1.29, 1.82) is 0 Å². The summed E-state index contributed by atoms with van der Waals surface area (Å²) in [4.78, 5) is 13.9. The first-order valence-corrected chi connectivity index (χ1v) is 7.75. The molecule has 0 aromatic rings. The van der Waals surface area contributed by atoms with Gasteiger partial charge < -0.3 is 10.6 Å². The van der Waals surface area contributed by atoms with Crippen LogP contribution >= 0.6 is 11.8 Å². The number of hydrogen-bond acceptors (Lipinski definition) is 3. The fraction of sp³-hybridized carbons (Fsp3) is 0.923. The van der Waals surface area contributed by atoms with Gasteiger partial charge in [-0.15, -0.1) is 0 Å². The van der Waals surface area contributed by atoms with Crippen molar-refractivity contribution < 1.29 is 4.79 Å². The second kappa shape index (κ2) is 7.27.